The maximum absolute atomic E-state index is 11.8. The fraction of sp³-hybridized carbons (Fsp3) is 0. The standard InChI is InChI=1S/C16H11N3O/c20-16-18-14(10-6-2-1-3-7-10)13-11-8-4-5-9-12(11)17-15(13)19-16/h1-9H,(H2,17,18,19,20). The first-order valence-corrected chi connectivity index (χ1v) is 6.39. The molecule has 4 nitrogen and oxygen atoms in total. The van der Waals surface area contributed by atoms with Gasteiger partial charge in [0.05, 0.1) is 11.1 Å². The van der Waals surface area contributed by atoms with E-state index in [9.17, 15) is 4.79 Å². The second kappa shape index (κ2) is 4.06. The molecular weight excluding hydrogens is 250 g/mol. The molecule has 0 atom stereocenters. The molecule has 96 valence electrons. The lowest BCUT2D eigenvalue weighted by molar-refractivity contribution is 1.11. The molecule has 2 aromatic carbocycles. The Hall–Kier alpha value is -2.88. The van der Waals surface area contributed by atoms with Gasteiger partial charge in [0.15, 0.2) is 0 Å². The van der Waals surface area contributed by atoms with Crippen LogP contribution in [0.2, 0.25) is 0 Å². The number of aromatic amines is 2. The molecule has 4 heteroatoms. The van der Waals surface area contributed by atoms with Crippen molar-refractivity contribution in [1.82, 2.24) is 15.0 Å². The molecule has 0 bridgehead atoms. The van der Waals surface area contributed by atoms with Gasteiger partial charge in [-0.25, -0.2) is 4.79 Å². The van der Waals surface area contributed by atoms with Crippen LogP contribution < -0.4 is 5.69 Å². The summed E-state index contributed by atoms with van der Waals surface area (Å²) in [5, 5.41) is 2.01. The van der Waals surface area contributed by atoms with Crippen molar-refractivity contribution in [3.63, 3.8) is 0 Å². The lowest BCUT2D eigenvalue weighted by Crippen LogP contribution is -2.10. The van der Waals surface area contributed by atoms with Gasteiger partial charge < -0.3 is 9.97 Å². The summed E-state index contributed by atoms with van der Waals surface area (Å²) < 4.78 is 0. The smallest absolute Gasteiger partial charge is 0.339 e. The summed E-state index contributed by atoms with van der Waals surface area (Å²) in [7, 11) is 0. The predicted octanol–water partition coefficient (Wildman–Crippen LogP) is 3.07. The SMILES string of the molecule is O=c1nc2[nH]c3ccccc3c2c(-c2ccccc2)[nH]1. The second-order valence-electron chi connectivity index (χ2n) is 4.68. The molecule has 2 N–H and O–H groups in total. The highest BCUT2D eigenvalue weighted by molar-refractivity contribution is 6.11. The van der Waals surface area contributed by atoms with Crippen molar-refractivity contribution in [2.75, 3.05) is 0 Å². The Labute approximate surface area is 114 Å². The van der Waals surface area contributed by atoms with E-state index in [1.165, 1.54) is 0 Å². The van der Waals surface area contributed by atoms with Crippen molar-refractivity contribution in [2.45, 2.75) is 0 Å². The molecule has 0 unspecified atom stereocenters. The zero-order chi connectivity index (χ0) is 13.5. The normalized spacial score (nSPS) is 11.2. The fourth-order valence-corrected chi connectivity index (χ4v) is 2.58. The third-order valence-corrected chi connectivity index (χ3v) is 3.44. The van der Waals surface area contributed by atoms with Crippen LogP contribution >= 0.6 is 0 Å². The van der Waals surface area contributed by atoms with E-state index in [-0.39, 0.29) is 5.69 Å². The van der Waals surface area contributed by atoms with E-state index in [1.54, 1.807) is 0 Å². The number of hydrogen-bond donors (Lipinski definition) is 2. The van der Waals surface area contributed by atoms with Crippen molar-refractivity contribution in [3.8, 4) is 11.3 Å². The molecule has 0 spiro atoms. The summed E-state index contributed by atoms with van der Waals surface area (Å²) in [6.07, 6.45) is 0. The Morgan fingerprint density at radius 3 is 2.45 bits per heavy atom. The van der Waals surface area contributed by atoms with Crippen molar-refractivity contribution in [1.29, 1.82) is 0 Å². The molecule has 4 rings (SSSR count). The maximum atomic E-state index is 11.8. The Bertz CT molecular complexity index is 967. The Morgan fingerprint density at radius 1 is 0.850 bits per heavy atom. The van der Waals surface area contributed by atoms with Gasteiger partial charge in [-0.3, -0.25) is 0 Å². The summed E-state index contributed by atoms with van der Waals surface area (Å²) in [5.41, 5.74) is 3.03. The molecule has 0 fully saturated rings. The maximum Gasteiger partial charge on any atom is 0.347 e. The predicted molar refractivity (Wildman–Crippen MR) is 79.7 cm³/mol. The van der Waals surface area contributed by atoms with Gasteiger partial charge in [0, 0.05) is 10.9 Å². The number of nitrogens with zero attached hydrogens (tertiary/aromatic N) is 1. The van der Waals surface area contributed by atoms with Crippen molar-refractivity contribution in [2.24, 2.45) is 0 Å². The van der Waals surface area contributed by atoms with E-state index in [1.807, 2.05) is 54.6 Å². The number of aromatic nitrogens is 3. The van der Waals surface area contributed by atoms with Gasteiger partial charge in [-0.1, -0.05) is 48.5 Å². The number of para-hydroxylation sites is 1. The van der Waals surface area contributed by atoms with Crippen molar-refractivity contribution in [3.05, 3.63) is 65.1 Å². The zero-order valence-electron chi connectivity index (χ0n) is 10.6. The Kier molecular flexibility index (Phi) is 2.23. The average molecular weight is 261 g/mol. The molecule has 0 aliphatic carbocycles. The summed E-state index contributed by atoms with van der Waals surface area (Å²) in [5.74, 6) is 0. The number of H-pyrrole nitrogens is 2. The highest BCUT2D eigenvalue weighted by Gasteiger charge is 2.12. The van der Waals surface area contributed by atoms with Gasteiger partial charge in [-0.15, -0.1) is 0 Å². The lowest BCUT2D eigenvalue weighted by Gasteiger charge is -2.03. The minimum absolute atomic E-state index is 0.345. The monoisotopic (exact) mass is 261 g/mol. The van der Waals surface area contributed by atoms with Crippen LogP contribution in [0.1, 0.15) is 0 Å². The van der Waals surface area contributed by atoms with Crippen LogP contribution in [0.3, 0.4) is 0 Å². The number of rotatable bonds is 1. The minimum Gasteiger partial charge on any atom is -0.339 e. The summed E-state index contributed by atoms with van der Waals surface area (Å²) in [6.45, 7) is 0. The van der Waals surface area contributed by atoms with Gasteiger partial charge in [-0.05, 0) is 11.6 Å². The van der Waals surface area contributed by atoms with E-state index in [0.717, 1.165) is 27.5 Å². The highest BCUT2D eigenvalue weighted by Crippen LogP contribution is 2.30. The van der Waals surface area contributed by atoms with Gasteiger partial charge in [-0.2, -0.15) is 4.98 Å². The van der Waals surface area contributed by atoms with Crippen LogP contribution in [-0.4, -0.2) is 15.0 Å². The average Bonchev–Trinajstić information content (AvgIpc) is 2.85. The molecular formula is C16H11N3O. The quantitative estimate of drug-likeness (QED) is 0.553. The third-order valence-electron chi connectivity index (χ3n) is 3.44. The molecule has 20 heavy (non-hydrogen) atoms. The van der Waals surface area contributed by atoms with E-state index in [2.05, 4.69) is 15.0 Å². The molecule has 2 heterocycles. The molecule has 0 saturated carbocycles. The van der Waals surface area contributed by atoms with Gasteiger partial charge in [0.25, 0.3) is 0 Å². The number of hydrogen-bond acceptors (Lipinski definition) is 2. The zero-order valence-corrected chi connectivity index (χ0v) is 10.6. The van der Waals surface area contributed by atoms with E-state index in [4.69, 9.17) is 0 Å². The lowest BCUT2D eigenvalue weighted by atomic mass is 10.1. The van der Waals surface area contributed by atoms with Crippen LogP contribution in [0.15, 0.2) is 59.4 Å². The van der Waals surface area contributed by atoms with Crippen LogP contribution in [0.4, 0.5) is 0 Å². The van der Waals surface area contributed by atoms with E-state index >= 15 is 0 Å². The van der Waals surface area contributed by atoms with Crippen LogP contribution in [0, 0.1) is 0 Å². The summed E-state index contributed by atoms with van der Waals surface area (Å²) >= 11 is 0. The minimum atomic E-state index is -0.345. The summed E-state index contributed by atoms with van der Waals surface area (Å²) in [4.78, 5) is 21.9. The van der Waals surface area contributed by atoms with E-state index in [0.29, 0.717) is 5.65 Å². The number of fused-ring (bicyclic) bond motifs is 3. The van der Waals surface area contributed by atoms with E-state index < -0.39 is 0 Å². The molecule has 0 amide bonds. The largest absolute Gasteiger partial charge is 0.347 e. The highest BCUT2D eigenvalue weighted by atomic mass is 16.1. The van der Waals surface area contributed by atoms with Crippen LogP contribution in [0.5, 0.6) is 0 Å². The second-order valence-corrected chi connectivity index (χ2v) is 4.68. The number of benzene rings is 2. The van der Waals surface area contributed by atoms with Gasteiger partial charge in [0.1, 0.15) is 5.65 Å². The number of nitrogens with one attached hydrogen (secondary N) is 2. The third kappa shape index (κ3) is 1.55. The summed E-state index contributed by atoms with van der Waals surface area (Å²) in [6, 6.07) is 17.8. The first-order valence-electron chi connectivity index (χ1n) is 6.39. The molecule has 2 aromatic heterocycles. The molecule has 4 aromatic rings. The van der Waals surface area contributed by atoms with Crippen molar-refractivity contribution < 1.29 is 0 Å². The van der Waals surface area contributed by atoms with Gasteiger partial charge in [0.2, 0.25) is 0 Å². The molecule has 0 aliphatic rings. The van der Waals surface area contributed by atoms with Crippen molar-refractivity contribution >= 4 is 21.9 Å². The molecule has 0 radical (unpaired) electrons. The molecule has 0 saturated heterocycles. The Balaban J connectivity index is 2.22. The van der Waals surface area contributed by atoms with Gasteiger partial charge >= 0.3 is 5.69 Å². The first kappa shape index (κ1) is 11.0. The van der Waals surface area contributed by atoms with Crippen LogP contribution in [0.25, 0.3) is 33.2 Å². The fourth-order valence-electron chi connectivity index (χ4n) is 2.58. The Morgan fingerprint density at radius 2 is 1.60 bits per heavy atom. The topological polar surface area (TPSA) is 61.5 Å². The first-order chi connectivity index (χ1) is 9.83. The van der Waals surface area contributed by atoms with Crippen LogP contribution in [-0.2, 0) is 0 Å². The molecule has 0 aliphatic heterocycles.